The maximum absolute atomic E-state index is 12.2. The zero-order chi connectivity index (χ0) is 16.9. The van der Waals surface area contributed by atoms with E-state index in [9.17, 15) is 9.36 Å². The largest absolute Gasteiger partial charge is 0.524 e. The van der Waals surface area contributed by atoms with Gasteiger partial charge in [0.25, 0.3) is 0 Å². The van der Waals surface area contributed by atoms with Gasteiger partial charge in [0.05, 0.1) is 5.56 Å². The SMILES string of the molecule is CSc1ccc(/C=C/C(=O)c2ccccc2OP(=O)(O)O)cc1. The van der Waals surface area contributed by atoms with Gasteiger partial charge in [-0.2, -0.15) is 0 Å². The molecule has 120 valence electrons. The smallest absolute Gasteiger partial charge is 0.403 e. The second-order valence-electron chi connectivity index (χ2n) is 4.55. The number of carbonyl (C=O) groups excluding carboxylic acids is 1. The standard InChI is InChI=1S/C16H15O5PS/c1-23-13-9-6-12(7-10-13)8-11-15(17)14-4-2-3-5-16(14)21-22(18,19)20/h2-11H,1H3,(H2,18,19,20)/b11-8+. The molecule has 0 aromatic heterocycles. The van der Waals surface area contributed by atoms with E-state index in [2.05, 4.69) is 4.52 Å². The molecule has 23 heavy (non-hydrogen) atoms. The summed E-state index contributed by atoms with van der Waals surface area (Å²) in [7, 11) is -4.72. The van der Waals surface area contributed by atoms with Gasteiger partial charge in [0, 0.05) is 4.90 Å². The van der Waals surface area contributed by atoms with Gasteiger partial charge >= 0.3 is 7.82 Å². The molecule has 0 bridgehead atoms. The van der Waals surface area contributed by atoms with Crippen molar-refractivity contribution in [3.8, 4) is 5.75 Å². The fraction of sp³-hybridized carbons (Fsp3) is 0.0625. The minimum atomic E-state index is -4.72. The molecule has 0 spiro atoms. The third-order valence-corrected chi connectivity index (χ3v) is 4.09. The van der Waals surface area contributed by atoms with Crippen LogP contribution in [0.4, 0.5) is 0 Å². The van der Waals surface area contributed by atoms with E-state index in [1.807, 2.05) is 30.5 Å². The molecule has 2 aromatic carbocycles. The predicted molar refractivity (Wildman–Crippen MR) is 90.7 cm³/mol. The van der Waals surface area contributed by atoms with E-state index in [1.165, 1.54) is 24.3 Å². The molecule has 0 saturated carbocycles. The minimum absolute atomic E-state index is 0.0906. The molecule has 0 atom stereocenters. The van der Waals surface area contributed by atoms with Crippen LogP contribution in [0.3, 0.4) is 0 Å². The second kappa shape index (κ2) is 7.62. The molecule has 2 N–H and O–H groups in total. The van der Waals surface area contributed by atoms with Crippen LogP contribution in [0, 0.1) is 0 Å². The minimum Gasteiger partial charge on any atom is -0.403 e. The average Bonchev–Trinajstić information content (AvgIpc) is 2.52. The molecule has 2 aromatic rings. The number of benzene rings is 2. The zero-order valence-corrected chi connectivity index (χ0v) is 14.0. The summed E-state index contributed by atoms with van der Waals surface area (Å²) < 4.78 is 15.5. The van der Waals surface area contributed by atoms with Crippen molar-refractivity contribution < 1.29 is 23.7 Å². The van der Waals surface area contributed by atoms with Gasteiger partial charge in [-0.3, -0.25) is 14.6 Å². The van der Waals surface area contributed by atoms with Crippen molar-refractivity contribution in [1.29, 1.82) is 0 Å². The Bertz CT molecular complexity index is 764. The summed E-state index contributed by atoms with van der Waals surface area (Å²) in [5, 5.41) is 0. The highest BCUT2D eigenvalue weighted by Gasteiger charge is 2.19. The molecular weight excluding hydrogens is 335 g/mol. The second-order valence-corrected chi connectivity index (χ2v) is 6.59. The van der Waals surface area contributed by atoms with Gasteiger partial charge < -0.3 is 4.52 Å². The molecule has 0 unspecified atom stereocenters. The van der Waals surface area contributed by atoms with Gasteiger partial charge in [-0.15, -0.1) is 11.8 Å². The monoisotopic (exact) mass is 350 g/mol. The van der Waals surface area contributed by atoms with Gasteiger partial charge in [-0.25, -0.2) is 4.57 Å². The van der Waals surface area contributed by atoms with Crippen LogP contribution in [-0.4, -0.2) is 21.8 Å². The molecule has 7 heteroatoms. The highest BCUT2D eigenvalue weighted by atomic mass is 32.2. The summed E-state index contributed by atoms with van der Waals surface area (Å²) in [4.78, 5) is 31.1. The Morgan fingerprint density at radius 2 is 1.78 bits per heavy atom. The number of hydrogen-bond acceptors (Lipinski definition) is 4. The fourth-order valence-electron chi connectivity index (χ4n) is 1.85. The van der Waals surface area contributed by atoms with Crippen LogP contribution in [0.1, 0.15) is 15.9 Å². The Kier molecular flexibility index (Phi) is 5.80. The average molecular weight is 350 g/mol. The third-order valence-electron chi connectivity index (χ3n) is 2.91. The molecule has 0 aliphatic carbocycles. The van der Waals surface area contributed by atoms with Crippen LogP contribution in [0.2, 0.25) is 0 Å². The highest BCUT2D eigenvalue weighted by molar-refractivity contribution is 7.98. The Balaban J connectivity index is 2.20. The Morgan fingerprint density at radius 1 is 1.13 bits per heavy atom. The van der Waals surface area contributed by atoms with Gasteiger partial charge in [-0.1, -0.05) is 30.3 Å². The van der Waals surface area contributed by atoms with E-state index >= 15 is 0 Å². The van der Waals surface area contributed by atoms with Crippen molar-refractivity contribution in [1.82, 2.24) is 0 Å². The van der Waals surface area contributed by atoms with Crippen LogP contribution in [0.25, 0.3) is 6.08 Å². The summed E-state index contributed by atoms with van der Waals surface area (Å²) in [5.41, 5.74) is 0.942. The van der Waals surface area contributed by atoms with Gasteiger partial charge in [0.15, 0.2) is 5.78 Å². The molecular formula is C16H15O5PS. The normalized spacial score (nSPS) is 11.6. The maximum Gasteiger partial charge on any atom is 0.524 e. The quantitative estimate of drug-likeness (QED) is 0.357. The number of allylic oxidation sites excluding steroid dienone is 1. The lowest BCUT2D eigenvalue weighted by molar-refractivity contribution is 0.104. The van der Waals surface area contributed by atoms with Crippen LogP contribution in [-0.2, 0) is 4.57 Å². The molecule has 0 heterocycles. The molecule has 0 aliphatic rings. The summed E-state index contributed by atoms with van der Waals surface area (Å²) in [6, 6.07) is 13.6. The van der Waals surface area contributed by atoms with Crippen molar-refractivity contribution in [3.63, 3.8) is 0 Å². The van der Waals surface area contributed by atoms with Crippen LogP contribution < -0.4 is 4.52 Å². The van der Waals surface area contributed by atoms with E-state index in [-0.39, 0.29) is 11.3 Å². The number of phosphoric ester groups is 1. The lowest BCUT2D eigenvalue weighted by Gasteiger charge is -2.09. The van der Waals surface area contributed by atoms with Crippen molar-refractivity contribution in [2.24, 2.45) is 0 Å². The summed E-state index contributed by atoms with van der Waals surface area (Å²) in [6.07, 6.45) is 4.96. The van der Waals surface area contributed by atoms with Crippen LogP contribution in [0.15, 0.2) is 59.5 Å². The molecule has 0 fully saturated rings. The van der Waals surface area contributed by atoms with E-state index < -0.39 is 13.6 Å². The number of ketones is 1. The van der Waals surface area contributed by atoms with E-state index in [0.717, 1.165) is 10.5 Å². The fourth-order valence-corrected chi connectivity index (χ4v) is 2.68. The molecule has 5 nitrogen and oxygen atoms in total. The molecule has 0 saturated heterocycles. The Labute approximate surface area is 138 Å². The molecule has 2 rings (SSSR count). The van der Waals surface area contributed by atoms with Gasteiger partial charge in [-0.05, 0) is 42.2 Å². The Hall–Kier alpha value is -1.85. The first-order valence-corrected chi connectivity index (χ1v) is 9.35. The first-order valence-electron chi connectivity index (χ1n) is 6.60. The number of para-hydroxylation sites is 1. The van der Waals surface area contributed by atoms with Gasteiger partial charge in [0.1, 0.15) is 5.75 Å². The number of thioether (sulfide) groups is 1. The highest BCUT2D eigenvalue weighted by Crippen LogP contribution is 2.39. The lowest BCUT2D eigenvalue weighted by Crippen LogP contribution is -2.00. The summed E-state index contributed by atoms with van der Waals surface area (Å²) in [5.74, 6) is -0.545. The molecule has 0 aliphatic heterocycles. The zero-order valence-electron chi connectivity index (χ0n) is 12.2. The first kappa shape index (κ1) is 17.5. The lowest BCUT2D eigenvalue weighted by atomic mass is 10.1. The van der Waals surface area contributed by atoms with E-state index in [0.29, 0.717) is 0 Å². The van der Waals surface area contributed by atoms with Crippen molar-refractivity contribution >= 4 is 31.4 Å². The topological polar surface area (TPSA) is 83.8 Å². The number of hydrogen-bond donors (Lipinski definition) is 2. The van der Waals surface area contributed by atoms with Crippen molar-refractivity contribution in [2.45, 2.75) is 4.90 Å². The number of phosphoric acid groups is 1. The van der Waals surface area contributed by atoms with E-state index in [1.54, 1.807) is 23.9 Å². The summed E-state index contributed by atoms with van der Waals surface area (Å²) in [6.45, 7) is 0. The van der Waals surface area contributed by atoms with Crippen molar-refractivity contribution in [3.05, 3.63) is 65.7 Å². The maximum atomic E-state index is 12.2. The van der Waals surface area contributed by atoms with Crippen LogP contribution in [0.5, 0.6) is 5.75 Å². The number of rotatable bonds is 6. The number of carbonyl (C=O) groups is 1. The Morgan fingerprint density at radius 3 is 2.39 bits per heavy atom. The third kappa shape index (κ3) is 5.37. The van der Waals surface area contributed by atoms with E-state index in [4.69, 9.17) is 9.79 Å². The molecule has 0 amide bonds. The van der Waals surface area contributed by atoms with Gasteiger partial charge in [0.2, 0.25) is 0 Å². The van der Waals surface area contributed by atoms with Crippen molar-refractivity contribution in [2.75, 3.05) is 6.26 Å². The molecule has 0 radical (unpaired) electrons. The van der Waals surface area contributed by atoms with Crippen LogP contribution >= 0.6 is 19.6 Å². The predicted octanol–water partition coefficient (Wildman–Crippen LogP) is 3.78. The first-order chi connectivity index (χ1) is 10.9. The summed E-state index contributed by atoms with van der Waals surface area (Å²) >= 11 is 1.62.